The molecule has 2 rings (SSSR count). The summed E-state index contributed by atoms with van der Waals surface area (Å²) >= 11 is 0. The number of hydrogen-bond donors (Lipinski definition) is 1. The Balaban J connectivity index is 1.46. The van der Waals surface area contributed by atoms with Crippen molar-refractivity contribution in [1.82, 2.24) is 0 Å². The molecule has 1 N–H and O–H groups in total. The molecule has 37 heavy (non-hydrogen) atoms. The lowest BCUT2D eigenvalue weighted by atomic mass is 9.78. The molecule has 4 heteroatoms. The molecule has 0 heterocycles. The van der Waals surface area contributed by atoms with Crippen LogP contribution in [0, 0.1) is 0 Å². The molecule has 0 radical (unpaired) electrons. The Kier molecular flexibility index (Phi) is 16.5. The minimum Gasteiger partial charge on any atom is -0.427 e. The van der Waals surface area contributed by atoms with E-state index in [9.17, 15) is 4.89 Å². The van der Waals surface area contributed by atoms with Crippen LogP contribution in [0.4, 0.5) is 0 Å². The fraction of sp³-hybridized carbons (Fsp3) is 0.576. The van der Waals surface area contributed by atoms with E-state index in [1.165, 1.54) is 88.2 Å². The Morgan fingerprint density at radius 1 is 0.676 bits per heavy atom. The van der Waals surface area contributed by atoms with Crippen LogP contribution in [0.5, 0.6) is 5.75 Å². The summed E-state index contributed by atoms with van der Waals surface area (Å²) in [5.74, 6) is 0.641. The summed E-state index contributed by atoms with van der Waals surface area (Å²) in [4.78, 5) is 10.1. The molecule has 0 saturated heterocycles. The Hall–Kier alpha value is -1.67. The van der Waals surface area contributed by atoms with Gasteiger partial charge < -0.3 is 13.9 Å². The predicted octanol–water partition coefficient (Wildman–Crippen LogP) is 10.7. The van der Waals surface area contributed by atoms with Crippen LogP contribution in [0.25, 0.3) is 0 Å². The van der Waals surface area contributed by atoms with Gasteiger partial charge in [0.2, 0.25) is 0 Å². The first-order valence-corrected chi connectivity index (χ1v) is 15.8. The molecule has 2 aromatic rings. The van der Waals surface area contributed by atoms with Crippen molar-refractivity contribution >= 4 is 8.60 Å². The third-order valence-corrected chi connectivity index (χ3v) is 7.88. The Morgan fingerprint density at radius 3 is 1.78 bits per heavy atom. The smallest absolute Gasteiger partial charge is 0.394 e. The van der Waals surface area contributed by atoms with Crippen molar-refractivity contribution in [2.24, 2.45) is 0 Å². The summed E-state index contributed by atoms with van der Waals surface area (Å²) in [6, 6.07) is 18.5. The highest BCUT2D eigenvalue weighted by Crippen LogP contribution is 2.37. The Bertz CT molecular complexity index is 832. The van der Waals surface area contributed by atoms with Gasteiger partial charge in [0.1, 0.15) is 5.75 Å². The van der Waals surface area contributed by atoms with Crippen molar-refractivity contribution in [2.45, 2.75) is 116 Å². The molecule has 0 saturated carbocycles. The minimum atomic E-state index is -1.89. The third-order valence-electron chi connectivity index (χ3n) is 7.11. The van der Waals surface area contributed by atoms with Gasteiger partial charge in [-0.15, -0.1) is 0 Å². The molecule has 0 aliphatic carbocycles. The maximum Gasteiger partial charge on any atom is 0.394 e. The second-order valence-corrected chi connectivity index (χ2v) is 11.5. The zero-order valence-electron chi connectivity index (χ0n) is 23.7. The standard InChI is InChI=1S/C33H51O3P/c1-4-5-6-7-8-9-10-11-12-13-14-15-16-17-18-22-29-35-37(34)36-32-27-25-31(26-28-32)33(2,3)30-23-20-19-21-24-30/h11-12,19-21,23-28,34H,4-10,13-18,22,29H2,1-3H3/b12-11+. The van der Waals surface area contributed by atoms with E-state index in [4.69, 9.17) is 9.05 Å². The SMILES string of the molecule is CCCCCCCC/C=C/CCCCCCCCOP(O)Oc1ccc(C(C)(C)c2ccccc2)cc1. The van der Waals surface area contributed by atoms with Crippen molar-refractivity contribution in [2.75, 3.05) is 6.61 Å². The highest BCUT2D eigenvalue weighted by atomic mass is 31.2. The lowest BCUT2D eigenvalue weighted by Gasteiger charge is -2.26. The molecule has 0 aliphatic heterocycles. The Morgan fingerprint density at radius 2 is 1.19 bits per heavy atom. The van der Waals surface area contributed by atoms with Crippen LogP contribution in [-0.4, -0.2) is 11.5 Å². The van der Waals surface area contributed by atoms with Crippen LogP contribution >= 0.6 is 8.60 Å². The zero-order valence-corrected chi connectivity index (χ0v) is 24.6. The summed E-state index contributed by atoms with van der Waals surface area (Å²) in [6.07, 6.45) is 22.7. The van der Waals surface area contributed by atoms with Gasteiger partial charge in [-0.25, -0.2) is 0 Å². The molecule has 0 bridgehead atoms. The van der Waals surface area contributed by atoms with Crippen LogP contribution in [0.15, 0.2) is 66.7 Å². The second-order valence-electron chi connectivity index (χ2n) is 10.6. The van der Waals surface area contributed by atoms with E-state index in [-0.39, 0.29) is 5.41 Å². The van der Waals surface area contributed by atoms with Crippen molar-refractivity contribution in [3.05, 3.63) is 77.9 Å². The zero-order chi connectivity index (χ0) is 26.6. The summed E-state index contributed by atoms with van der Waals surface area (Å²) in [5.41, 5.74) is 2.38. The first-order valence-electron chi connectivity index (χ1n) is 14.6. The summed E-state index contributed by atoms with van der Waals surface area (Å²) < 4.78 is 11.1. The first-order chi connectivity index (χ1) is 18.0. The molecule has 0 spiro atoms. The molecule has 1 unspecified atom stereocenters. The lowest BCUT2D eigenvalue weighted by Crippen LogP contribution is -2.18. The summed E-state index contributed by atoms with van der Waals surface area (Å²) in [6.45, 7) is 7.25. The van der Waals surface area contributed by atoms with Gasteiger partial charge >= 0.3 is 8.60 Å². The molecule has 0 aromatic heterocycles. The first kappa shape index (κ1) is 31.5. The van der Waals surface area contributed by atoms with Gasteiger partial charge in [0.15, 0.2) is 0 Å². The van der Waals surface area contributed by atoms with Crippen LogP contribution in [0.1, 0.15) is 122 Å². The monoisotopic (exact) mass is 526 g/mol. The molecule has 1 atom stereocenters. The van der Waals surface area contributed by atoms with Crippen molar-refractivity contribution in [3.8, 4) is 5.75 Å². The van der Waals surface area contributed by atoms with Gasteiger partial charge in [0, 0.05) is 5.41 Å². The molecule has 3 nitrogen and oxygen atoms in total. The Labute approximate surface area is 228 Å². The molecule has 206 valence electrons. The van der Waals surface area contributed by atoms with E-state index in [0.29, 0.717) is 12.4 Å². The average molecular weight is 527 g/mol. The van der Waals surface area contributed by atoms with E-state index >= 15 is 0 Å². The van der Waals surface area contributed by atoms with Crippen molar-refractivity contribution < 1.29 is 13.9 Å². The average Bonchev–Trinajstić information content (AvgIpc) is 2.91. The molecular formula is C33H51O3P. The van der Waals surface area contributed by atoms with Gasteiger partial charge in [-0.2, -0.15) is 0 Å². The number of hydrogen-bond acceptors (Lipinski definition) is 3. The summed E-state index contributed by atoms with van der Waals surface area (Å²) in [5, 5.41) is 0. The quantitative estimate of drug-likeness (QED) is 0.0998. The van der Waals surface area contributed by atoms with Crippen molar-refractivity contribution in [1.29, 1.82) is 0 Å². The number of unbranched alkanes of at least 4 members (excludes halogenated alkanes) is 12. The van der Waals surface area contributed by atoms with E-state index in [1.807, 2.05) is 18.2 Å². The fourth-order valence-corrected chi connectivity index (χ4v) is 5.20. The van der Waals surface area contributed by atoms with Gasteiger partial charge in [0.05, 0.1) is 6.61 Å². The van der Waals surface area contributed by atoms with Crippen LogP contribution < -0.4 is 4.52 Å². The number of allylic oxidation sites excluding steroid dienone is 2. The topological polar surface area (TPSA) is 38.7 Å². The van der Waals surface area contributed by atoms with Crippen LogP contribution in [0.3, 0.4) is 0 Å². The van der Waals surface area contributed by atoms with E-state index in [0.717, 1.165) is 12.8 Å². The largest absolute Gasteiger partial charge is 0.427 e. The highest BCUT2D eigenvalue weighted by molar-refractivity contribution is 7.41. The van der Waals surface area contributed by atoms with Gasteiger partial charge in [-0.3, -0.25) is 0 Å². The maximum atomic E-state index is 10.1. The molecule has 0 fully saturated rings. The predicted molar refractivity (Wildman–Crippen MR) is 160 cm³/mol. The van der Waals surface area contributed by atoms with Gasteiger partial charge in [0.25, 0.3) is 0 Å². The molecule has 0 amide bonds. The van der Waals surface area contributed by atoms with Gasteiger partial charge in [-0.1, -0.05) is 133 Å². The number of benzene rings is 2. The summed E-state index contributed by atoms with van der Waals surface area (Å²) in [7, 11) is -1.89. The number of rotatable bonds is 21. The molecule has 2 aromatic carbocycles. The van der Waals surface area contributed by atoms with Crippen LogP contribution in [0.2, 0.25) is 0 Å². The van der Waals surface area contributed by atoms with Crippen molar-refractivity contribution in [3.63, 3.8) is 0 Å². The van der Waals surface area contributed by atoms with E-state index in [2.05, 4.69) is 69.3 Å². The highest BCUT2D eigenvalue weighted by Gasteiger charge is 2.22. The normalized spacial score (nSPS) is 12.8. The third kappa shape index (κ3) is 13.6. The lowest BCUT2D eigenvalue weighted by molar-refractivity contribution is 0.253. The second kappa shape index (κ2) is 19.4. The van der Waals surface area contributed by atoms with Gasteiger partial charge in [-0.05, 0) is 55.4 Å². The molecular weight excluding hydrogens is 475 g/mol. The van der Waals surface area contributed by atoms with E-state index < -0.39 is 8.60 Å². The van der Waals surface area contributed by atoms with E-state index in [1.54, 1.807) is 0 Å². The molecule has 0 aliphatic rings. The maximum absolute atomic E-state index is 10.1. The fourth-order valence-electron chi connectivity index (χ4n) is 4.56. The van der Waals surface area contributed by atoms with Crippen LogP contribution in [-0.2, 0) is 9.94 Å². The minimum absolute atomic E-state index is 0.0931.